The highest BCUT2D eigenvalue weighted by molar-refractivity contribution is 6.06. The molecule has 3 aromatic carbocycles. The third-order valence-electron chi connectivity index (χ3n) is 6.27. The van der Waals surface area contributed by atoms with Gasteiger partial charge in [-0.2, -0.15) is 0 Å². The van der Waals surface area contributed by atoms with Crippen molar-refractivity contribution in [3.8, 4) is 22.6 Å². The van der Waals surface area contributed by atoms with E-state index in [2.05, 4.69) is 5.32 Å². The van der Waals surface area contributed by atoms with Crippen LogP contribution < -0.4 is 14.8 Å². The van der Waals surface area contributed by atoms with Gasteiger partial charge in [0.05, 0.1) is 20.0 Å². The molecule has 5 nitrogen and oxygen atoms in total. The third-order valence-corrected chi connectivity index (χ3v) is 6.27. The molecule has 0 spiro atoms. The number of amides is 1. The second kappa shape index (κ2) is 10.1. The van der Waals surface area contributed by atoms with Crippen molar-refractivity contribution in [2.45, 2.75) is 34.6 Å². The van der Waals surface area contributed by atoms with E-state index < -0.39 is 0 Å². The van der Waals surface area contributed by atoms with Crippen LogP contribution in [0.3, 0.4) is 0 Å². The van der Waals surface area contributed by atoms with E-state index in [4.69, 9.17) is 13.9 Å². The number of nitrogens with one attached hydrogen (secondary N) is 1. The van der Waals surface area contributed by atoms with Crippen molar-refractivity contribution in [3.63, 3.8) is 0 Å². The third kappa shape index (κ3) is 4.94. The first-order chi connectivity index (χ1) is 16.8. The van der Waals surface area contributed by atoms with Crippen LogP contribution in [-0.4, -0.2) is 19.6 Å². The number of aryl methyl sites for hydroxylation is 3. The topological polar surface area (TPSA) is 60.7 Å². The lowest BCUT2D eigenvalue weighted by atomic mass is 9.96. The SMILES string of the molecule is CCOc1ccc(-c2coc3c(C)c(OC)c(/C(C)=C/C(=O)Nc4ccc(C)c(C)c4)cc23)cc1. The Morgan fingerprint density at radius 3 is 2.43 bits per heavy atom. The van der Waals surface area contributed by atoms with Crippen LogP contribution in [0.2, 0.25) is 0 Å². The highest BCUT2D eigenvalue weighted by Crippen LogP contribution is 2.40. The molecule has 180 valence electrons. The molecule has 1 amide bonds. The lowest BCUT2D eigenvalue weighted by Crippen LogP contribution is -2.09. The van der Waals surface area contributed by atoms with Crippen LogP contribution in [0.1, 0.15) is 36.1 Å². The molecule has 1 N–H and O–H groups in total. The number of anilines is 1. The van der Waals surface area contributed by atoms with Gasteiger partial charge in [0.1, 0.15) is 17.1 Å². The zero-order chi connectivity index (χ0) is 25.1. The predicted molar refractivity (Wildman–Crippen MR) is 142 cm³/mol. The molecule has 0 fully saturated rings. The summed E-state index contributed by atoms with van der Waals surface area (Å²) in [4.78, 5) is 12.8. The van der Waals surface area contributed by atoms with Crippen molar-refractivity contribution in [2.75, 3.05) is 19.0 Å². The summed E-state index contributed by atoms with van der Waals surface area (Å²) in [6.07, 6.45) is 3.37. The molecule has 1 heterocycles. The van der Waals surface area contributed by atoms with Gasteiger partial charge in [0.15, 0.2) is 0 Å². The number of hydrogen-bond acceptors (Lipinski definition) is 4. The average Bonchev–Trinajstić information content (AvgIpc) is 3.26. The molecule has 0 aliphatic rings. The average molecular weight is 470 g/mol. The van der Waals surface area contributed by atoms with Crippen LogP contribution in [0.4, 0.5) is 5.69 Å². The molecule has 0 aliphatic heterocycles. The number of fused-ring (bicyclic) bond motifs is 1. The van der Waals surface area contributed by atoms with Crippen molar-refractivity contribution >= 4 is 28.1 Å². The summed E-state index contributed by atoms with van der Waals surface area (Å²) >= 11 is 0. The zero-order valence-corrected chi connectivity index (χ0v) is 21.1. The minimum absolute atomic E-state index is 0.190. The van der Waals surface area contributed by atoms with Crippen molar-refractivity contribution in [1.82, 2.24) is 0 Å². The number of ether oxygens (including phenoxy) is 2. The van der Waals surface area contributed by atoms with E-state index in [9.17, 15) is 4.79 Å². The molecule has 0 unspecified atom stereocenters. The Morgan fingerprint density at radius 1 is 1.03 bits per heavy atom. The summed E-state index contributed by atoms with van der Waals surface area (Å²) in [7, 11) is 1.64. The van der Waals surface area contributed by atoms with E-state index >= 15 is 0 Å². The van der Waals surface area contributed by atoms with Crippen LogP contribution in [0.5, 0.6) is 11.5 Å². The molecule has 0 bridgehead atoms. The second-order valence-corrected chi connectivity index (χ2v) is 8.68. The standard InChI is InChI=1S/C30H31NO4/c1-7-34-24-12-9-22(10-13-24)27-17-35-30-21(5)29(33-6)25(16-26(27)30)20(4)15-28(32)31-23-11-8-18(2)19(3)14-23/h8-17H,7H2,1-6H3,(H,31,32)/b20-15+. The summed E-state index contributed by atoms with van der Waals surface area (Å²) < 4.78 is 17.3. The smallest absolute Gasteiger partial charge is 0.248 e. The summed E-state index contributed by atoms with van der Waals surface area (Å²) in [6.45, 7) is 10.6. The van der Waals surface area contributed by atoms with Gasteiger partial charge in [0.25, 0.3) is 0 Å². The molecule has 0 saturated heterocycles. The zero-order valence-electron chi connectivity index (χ0n) is 21.1. The molecule has 5 heteroatoms. The van der Waals surface area contributed by atoms with Crippen LogP contribution in [0.25, 0.3) is 27.7 Å². The minimum Gasteiger partial charge on any atom is -0.496 e. The summed E-state index contributed by atoms with van der Waals surface area (Å²) in [5.41, 5.74) is 8.39. The van der Waals surface area contributed by atoms with Gasteiger partial charge in [-0.15, -0.1) is 0 Å². The Kier molecular flexibility index (Phi) is 6.97. The highest BCUT2D eigenvalue weighted by atomic mass is 16.5. The molecule has 1 aromatic heterocycles. The van der Waals surface area contributed by atoms with Gasteiger partial charge in [0.2, 0.25) is 5.91 Å². The normalized spacial score (nSPS) is 11.5. The van der Waals surface area contributed by atoms with Crippen LogP contribution in [-0.2, 0) is 4.79 Å². The van der Waals surface area contributed by atoms with Crippen molar-refractivity contribution in [1.29, 1.82) is 0 Å². The number of allylic oxidation sites excluding steroid dienone is 1. The number of benzene rings is 3. The van der Waals surface area contributed by atoms with E-state index in [0.29, 0.717) is 12.4 Å². The molecule has 4 aromatic rings. The van der Waals surface area contributed by atoms with Gasteiger partial charge in [-0.1, -0.05) is 18.2 Å². The molecule has 0 atom stereocenters. The van der Waals surface area contributed by atoms with Crippen LogP contribution in [0, 0.1) is 20.8 Å². The molecule has 0 radical (unpaired) electrons. The lowest BCUT2D eigenvalue weighted by molar-refractivity contribution is -0.111. The Morgan fingerprint density at radius 2 is 1.77 bits per heavy atom. The summed E-state index contributed by atoms with van der Waals surface area (Å²) in [6, 6.07) is 15.9. The Hall–Kier alpha value is -3.99. The second-order valence-electron chi connectivity index (χ2n) is 8.68. The highest BCUT2D eigenvalue weighted by Gasteiger charge is 2.19. The first-order valence-electron chi connectivity index (χ1n) is 11.7. The Labute approximate surface area is 206 Å². The van der Waals surface area contributed by atoms with E-state index in [0.717, 1.165) is 55.8 Å². The number of carbonyl (C=O) groups is 1. The van der Waals surface area contributed by atoms with Gasteiger partial charge in [-0.3, -0.25) is 4.79 Å². The maximum absolute atomic E-state index is 12.8. The van der Waals surface area contributed by atoms with Gasteiger partial charge < -0.3 is 19.2 Å². The van der Waals surface area contributed by atoms with E-state index in [-0.39, 0.29) is 5.91 Å². The Balaban J connectivity index is 1.72. The number of methoxy groups -OCH3 is 1. The number of hydrogen-bond donors (Lipinski definition) is 1. The molecular formula is C30H31NO4. The van der Waals surface area contributed by atoms with E-state index in [1.807, 2.05) is 83.1 Å². The largest absolute Gasteiger partial charge is 0.496 e. The monoisotopic (exact) mass is 469 g/mol. The van der Waals surface area contributed by atoms with Gasteiger partial charge in [-0.25, -0.2) is 0 Å². The number of furan rings is 1. The van der Waals surface area contributed by atoms with Gasteiger partial charge in [0, 0.05) is 33.8 Å². The van der Waals surface area contributed by atoms with E-state index in [1.165, 1.54) is 5.56 Å². The van der Waals surface area contributed by atoms with Gasteiger partial charge >= 0.3 is 0 Å². The van der Waals surface area contributed by atoms with Crippen LogP contribution >= 0.6 is 0 Å². The van der Waals surface area contributed by atoms with Crippen molar-refractivity contribution in [2.24, 2.45) is 0 Å². The fourth-order valence-electron chi connectivity index (χ4n) is 4.26. The number of rotatable bonds is 7. The van der Waals surface area contributed by atoms with Crippen molar-refractivity contribution < 1.29 is 18.7 Å². The summed E-state index contributed by atoms with van der Waals surface area (Å²) in [5, 5.41) is 3.92. The van der Waals surface area contributed by atoms with Crippen LogP contribution in [0.15, 0.2) is 65.3 Å². The molecular weight excluding hydrogens is 438 g/mol. The minimum atomic E-state index is -0.190. The maximum atomic E-state index is 12.8. The van der Waals surface area contributed by atoms with Gasteiger partial charge in [-0.05, 0) is 87.2 Å². The first kappa shape index (κ1) is 24.1. The molecule has 0 aliphatic carbocycles. The Bertz CT molecular complexity index is 1410. The summed E-state index contributed by atoms with van der Waals surface area (Å²) in [5.74, 6) is 1.33. The molecule has 0 saturated carbocycles. The molecule has 4 rings (SSSR count). The number of carbonyl (C=O) groups excluding carboxylic acids is 1. The van der Waals surface area contributed by atoms with Crippen molar-refractivity contribution in [3.05, 3.63) is 83.1 Å². The fraction of sp³-hybridized carbons (Fsp3) is 0.233. The first-order valence-corrected chi connectivity index (χ1v) is 11.7. The van der Waals surface area contributed by atoms with E-state index in [1.54, 1.807) is 19.4 Å². The lowest BCUT2D eigenvalue weighted by Gasteiger charge is -2.13. The quantitative estimate of drug-likeness (QED) is 0.285. The maximum Gasteiger partial charge on any atom is 0.248 e. The fourth-order valence-corrected chi connectivity index (χ4v) is 4.26. The predicted octanol–water partition coefficient (Wildman–Crippen LogP) is 7.47. The molecule has 35 heavy (non-hydrogen) atoms.